The van der Waals surface area contributed by atoms with Gasteiger partial charge in [0.15, 0.2) is 25.0 Å². The Kier molecular flexibility index (Phi) is 17.8. The number of rotatable bonds is 14. The highest BCUT2D eigenvalue weighted by molar-refractivity contribution is 5.87. The van der Waals surface area contributed by atoms with E-state index < -0.39 is 199 Å². The summed E-state index contributed by atoms with van der Waals surface area (Å²) in [5.41, 5.74) is -3.78. The van der Waals surface area contributed by atoms with Gasteiger partial charge in [0.1, 0.15) is 79.4 Å². The molecule has 3 heterocycles. The third kappa shape index (κ3) is 9.94. The third-order valence-electron chi connectivity index (χ3n) is 21.1. The van der Waals surface area contributed by atoms with E-state index in [1.54, 1.807) is 19.9 Å². The van der Waals surface area contributed by atoms with Crippen molar-refractivity contribution in [2.45, 2.75) is 224 Å². The van der Waals surface area contributed by atoms with Gasteiger partial charge in [0.2, 0.25) is 0 Å². The van der Waals surface area contributed by atoms with Crippen molar-refractivity contribution in [2.24, 2.45) is 50.2 Å². The smallest absolute Gasteiger partial charge is 0.335 e. The monoisotopic (exact) mass is 1130 g/mol. The number of aliphatic hydroxyl groups is 12. The van der Waals surface area contributed by atoms with E-state index in [2.05, 4.69) is 26.8 Å². The molecule has 0 aromatic rings. The summed E-state index contributed by atoms with van der Waals surface area (Å²) in [5, 5.41) is 143. The molecule has 8 rings (SSSR count). The topological polar surface area (TPSA) is 388 Å². The number of carbonyl (C=O) groups excluding carboxylic acids is 2. The van der Waals surface area contributed by atoms with Crippen molar-refractivity contribution in [3.8, 4) is 0 Å². The van der Waals surface area contributed by atoms with Gasteiger partial charge in [0, 0.05) is 23.3 Å². The van der Waals surface area contributed by atoms with Gasteiger partial charge in [0.05, 0.1) is 44.1 Å². The van der Waals surface area contributed by atoms with Crippen molar-refractivity contribution in [3.63, 3.8) is 0 Å². The molecule has 79 heavy (non-hydrogen) atoms. The van der Waals surface area contributed by atoms with Gasteiger partial charge >= 0.3 is 17.9 Å². The lowest BCUT2D eigenvalue weighted by molar-refractivity contribution is -0.392. The molecule has 0 aromatic heterocycles. The zero-order valence-electron chi connectivity index (χ0n) is 46.4. The number of hydrogen-bond donors (Lipinski definition) is 13. The molecular weight excluding hydrogens is 1040 g/mol. The van der Waals surface area contributed by atoms with Crippen molar-refractivity contribution >= 4 is 17.9 Å². The van der Waals surface area contributed by atoms with Crippen LogP contribution in [0.2, 0.25) is 0 Å². The third-order valence-corrected chi connectivity index (χ3v) is 21.1. The first-order valence-electron chi connectivity index (χ1n) is 27.7. The van der Waals surface area contributed by atoms with E-state index in [1.165, 1.54) is 6.92 Å². The molecule has 0 aromatic carbocycles. The Balaban J connectivity index is 1.12. The van der Waals surface area contributed by atoms with E-state index in [4.69, 9.17) is 37.9 Å². The minimum atomic E-state index is -2.18. The van der Waals surface area contributed by atoms with Crippen LogP contribution in [0.4, 0.5) is 0 Å². The number of ether oxygens (including phenoxy) is 8. The largest absolute Gasteiger partial charge is 0.479 e. The average molecular weight is 1130 g/mol. The molecule has 5 aliphatic carbocycles. The number of allylic oxidation sites excluding steroid dienone is 3. The van der Waals surface area contributed by atoms with Crippen molar-refractivity contribution < 1.29 is 119 Å². The van der Waals surface area contributed by atoms with E-state index in [1.807, 2.05) is 20.8 Å². The molecular formula is C55H86O24. The Bertz CT molecular complexity index is 2290. The number of carbonyl (C=O) groups is 3. The average Bonchev–Trinajstić information content (AvgIpc) is 3.25. The summed E-state index contributed by atoms with van der Waals surface area (Å²) in [6.45, 7) is 14.1. The second-order valence-electron chi connectivity index (χ2n) is 25.5. The van der Waals surface area contributed by atoms with Crippen LogP contribution in [0.5, 0.6) is 0 Å². The van der Waals surface area contributed by atoms with Crippen LogP contribution in [-0.2, 0) is 52.3 Å². The van der Waals surface area contributed by atoms with Crippen LogP contribution in [-0.4, -0.2) is 227 Å². The molecule has 450 valence electrons. The molecule has 13 N–H and O–H groups in total. The number of aliphatic carboxylic acids is 1. The molecule has 3 unspecified atom stereocenters. The molecule has 0 spiro atoms. The van der Waals surface area contributed by atoms with E-state index in [9.17, 15) is 80.8 Å². The van der Waals surface area contributed by atoms with Crippen LogP contribution in [0.25, 0.3) is 0 Å². The normalized spacial score (nSPS) is 50.6. The number of carboxylic acids is 1. The molecule has 24 heteroatoms. The SMILES string of the molecule is C/C=C(\C)C(=O)O[C@H]1[C@H](OC(C)=O)[C@@]2(CO)C(CC1(C)C)C1=CCC3[C@@]4(C)CC[C@H](O[C@H]5O[C@H](C(=O)O)[C@H](O[C@H]6O[C@H](CO)[C@@H](O)[C@H](O)[C@H]6O)[C@H](O)[C@@H]5O[C@@H]5O[C@H](CO)[C@@H](O)[C@H](O)[C@H]5O)[C@](C)(CO)C4CC[C@@]3(C)[C@@]1(C)C[C@H]2O. The summed E-state index contributed by atoms with van der Waals surface area (Å²) < 4.78 is 48.2. The summed E-state index contributed by atoms with van der Waals surface area (Å²) in [7, 11) is 0. The fraction of sp³-hybridized carbons (Fsp3) is 0.873. The summed E-state index contributed by atoms with van der Waals surface area (Å²) in [4.78, 5) is 39.5. The first-order valence-corrected chi connectivity index (χ1v) is 27.7. The first-order chi connectivity index (χ1) is 36.9. The maximum absolute atomic E-state index is 13.4. The van der Waals surface area contributed by atoms with Crippen LogP contribution in [0.1, 0.15) is 107 Å². The minimum Gasteiger partial charge on any atom is -0.479 e. The van der Waals surface area contributed by atoms with Gasteiger partial charge in [-0.3, -0.25) is 4.79 Å². The Morgan fingerprint density at radius 3 is 1.76 bits per heavy atom. The van der Waals surface area contributed by atoms with Gasteiger partial charge in [-0.05, 0) is 92.8 Å². The summed E-state index contributed by atoms with van der Waals surface area (Å²) >= 11 is 0. The van der Waals surface area contributed by atoms with Crippen molar-refractivity contribution in [3.05, 3.63) is 23.3 Å². The predicted octanol–water partition coefficient (Wildman–Crippen LogP) is -1.32. The molecule has 3 saturated heterocycles. The van der Waals surface area contributed by atoms with Gasteiger partial charge in [-0.1, -0.05) is 59.3 Å². The summed E-state index contributed by atoms with van der Waals surface area (Å²) in [5.74, 6) is -3.88. The Morgan fingerprint density at radius 1 is 0.658 bits per heavy atom. The van der Waals surface area contributed by atoms with Crippen molar-refractivity contribution in [1.29, 1.82) is 0 Å². The lowest BCUT2D eigenvalue weighted by atomic mass is 9.33. The van der Waals surface area contributed by atoms with Crippen LogP contribution < -0.4 is 0 Å². The molecule has 0 amide bonds. The molecule has 0 bridgehead atoms. The molecule has 0 radical (unpaired) electrons. The Morgan fingerprint density at radius 2 is 1.24 bits per heavy atom. The molecule has 7 fully saturated rings. The van der Waals surface area contributed by atoms with E-state index >= 15 is 0 Å². The summed E-state index contributed by atoms with van der Waals surface area (Å²) in [6, 6.07) is 0. The summed E-state index contributed by atoms with van der Waals surface area (Å²) in [6.07, 6.45) is -26.5. The van der Waals surface area contributed by atoms with Gasteiger partial charge in [-0.2, -0.15) is 0 Å². The molecule has 4 saturated carbocycles. The number of carboxylic acid groups (broad SMARTS) is 1. The molecule has 24 nitrogen and oxygen atoms in total. The first kappa shape index (κ1) is 62.2. The molecule has 27 atom stereocenters. The Hall–Kier alpha value is -2.83. The van der Waals surface area contributed by atoms with Crippen LogP contribution in [0.15, 0.2) is 23.3 Å². The lowest BCUT2D eigenvalue weighted by Crippen LogP contribution is -2.72. The number of hydrogen-bond acceptors (Lipinski definition) is 23. The second-order valence-corrected chi connectivity index (χ2v) is 25.5. The quantitative estimate of drug-likeness (QED) is 0.0415. The van der Waals surface area contributed by atoms with Crippen molar-refractivity contribution in [2.75, 3.05) is 26.4 Å². The van der Waals surface area contributed by atoms with Crippen LogP contribution in [0, 0.1) is 50.2 Å². The zero-order valence-corrected chi connectivity index (χ0v) is 46.4. The highest BCUT2D eigenvalue weighted by Gasteiger charge is 2.74. The fourth-order valence-corrected chi connectivity index (χ4v) is 16.2. The van der Waals surface area contributed by atoms with Gasteiger partial charge in [-0.15, -0.1) is 0 Å². The number of fused-ring (bicyclic) bond motifs is 7. The lowest BCUT2D eigenvalue weighted by Gasteiger charge is -2.72. The zero-order chi connectivity index (χ0) is 58.4. The van der Waals surface area contributed by atoms with E-state index in [-0.39, 0.29) is 24.7 Å². The number of aliphatic hydroxyl groups excluding tert-OH is 12. The van der Waals surface area contributed by atoms with E-state index in [0.29, 0.717) is 37.7 Å². The van der Waals surface area contributed by atoms with Gasteiger partial charge < -0.3 is 104 Å². The predicted molar refractivity (Wildman–Crippen MR) is 269 cm³/mol. The maximum Gasteiger partial charge on any atom is 0.335 e. The van der Waals surface area contributed by atoms with Gasteiger partial charge in [-0.25, -0.2) is 9.59 Å². The van der Waals surface area contributed by atoms with Gasteiger partial charge in [0.25, 0.3) is 0 Å². The molecule has 8 aliphatic rings. The van der Waals surface area contributed by atoms with E-state index in [0.717, 1.165) is 5.57 Å². The van der Waals surface area contributed by atoms with Crippen LogP contribution in [0.3, 0.4) is 0 Å². The number of esters is 2. The maximum atomic E-state index is 13.4. The molecule has 3 aliphatic heterocycles. The highest BCUT2D eigenvalue weighted by atomic mass is 16.8. The van der Waals surface area contributed by atoms with Crippen molar-refractivity contribution in [1.82, 2.24) is 0 Å². The van der Waals surface area contributed by atoms with Crippen LogP contribution >= 0.6 is 0 Å². The second kappa shape index (κ2) is 22.6. The minimum absolute atomic E-state index is 0.0849. The Labute approximate surface area is 459 Å². The standard InChI is InChI=1S/C55H86O24/c1-10-23(2)46(71)79-43-44(72-24(3)60)55(22-59)26(17-50(43,4)5)25-11-12-30-51(6)15-14-32(52(7,21-58)29(51)13-16-53(30,8)54(25,9)18-31(55)61)75-49-41(77-48-38(67)36(65)34(63)28(20-57)74-48)39(68)40(42(78-49)45(69)70)76-47-37(66)35(64)33(62)27(19-56)73-47/h10-11,26-44,47-49,56-59,61-68H,12-22H2,1-9H3,(H,69,70)/b23-10+/t26?,27-,28-,29?,30?,31-,32+,33-,34-,35+,36+,37-,38-,39+,40-,41+,42+,43+,44+,47-,48+,49+,51+,52-,53-,54+,55+/m1/s1. The highest BCUT2D eigenvalue weighted by Crippen LogP contribution is 2.76. The fourth-order valence-electron chi connectivity index (χ4n) is 16.2.